The Morgan fingerprint density at radius 3 is 2.41 bits per heavy atom. The van der Waals surface area contributed by atoms with Crippen molar-refractivity contribution in [2.45, 2.75) is 44.6 Å². The minimum Gasteiger partial charge on any atom is -0.390 e. The first kappa shape index (κ1) is 12.3. The van der Waals surface area contributed by atoms with E-state index in [4.69, 9.17) is 0 Å². The van der Waals surface area contributed by atoms with Gasteiger partial charge in [-0.1, -0.05) is 37.3 Å². The molecule has 1 aliphatic rings. The Labute approximate surface area is 103 Å². The van der Waals surface area contributed by atoms with E-state index in [-0.39, 0.29) is 11.7 Å². The third kappa shape index (κ3) is 1.91. The summed E-state index contributed by atoms with van der Waals surface area (Å²) in [5.74, 6) is 0.292. The van der Waals surface area contributed by atoms with Gasteiger partial charge in [-0.25, -0.2) is 0 Å². The summed E-state index contributed by atoms with van der Waals surface area (Å²) in [6, 6.07) is 9.87. The molecule has 17 heavy (non-hydrogen) atoms. The van der Waals surface area contributed by atoms with E-state index in [0.29, 0.717) is 6.42 Å². The second-order valence-electron chi connectivity index (χ2n) is 5.52. The van der Waals surface area contributed by atoms with Gasteiger partial charge in [-0.3, -0.25) is 4.79 Å². The van der Waals surface area contributed by atoms with Crippen LogP contribution in [0.3, 0.4) is 0 Å². The molecule has 0 saturated heterocycles. The molecule has 0 amide bonds. The van der Waals surface area contributed by atoms with E-state index in [1.54, 1.807) is 13.8 Å². The molecule has 92 valence electrons. The standard InChI is InChI=1S/C15H20O2/c1-4-13(16)15(10-12(15)14(2,3)17)11-8-6-5-7-9-11/h5-9,12,17H,4,10H2,1-3H3/t12-,15-/m0/s1. The first-order valence-electron chi connectivity index (χ1n) is 6.24. The molecule has 0 spiro atoms. The summed E-state index contributed by atoms with van der Waals surface area (Å²) >= 11 is 0. The van der Waals surface area contributed by atoms with Crippen LogP contribution in [0.15, 0.2) is 30.3 Å². The summed E-state index contributed by atoms with van der Waals surface area (Å²) in [4.78, 5) is 12.2. The van der Waals surface area contributed by atoms with Crippen LogP contribution in [0.5, 0.6) is 0 Å². The van der Waals surface area contributed by atoms with Crippen molar-refractivity contribution in [1.29, 1.82) is 0 Å². The summed E-state index contributed by atoms with van der Waals surface area (Å²) in [5.41, 5.74) is -0.173. The fraction of sp³-hybridized carbons (Fsp3) is 0.533. The van der Waals surface area contributed by atoms with Gasteiger partial charge in [0, 0.05) is 12.3 Å². The zero-order chi connectivity index (χ0) is 12.7. The van der Waals surface area contributed by atoms with Crippen LogP contribution in [0, 0.1) is 5.92 Å². The Bertz CT molecular complexity index is 416. The second-order valence-corrected chi connectivity index (χ2v) is 5.52. The number of carbonyl (C=O) groups excluding carboxylic acids is 1. The maximum atomic E-state index is 12.2. The minimum atomic E-state index is -0.791. The van der Waals surface area contributed by atoms with E-state index in [1.807, 2.05) is 37.3 Å². The predicted octanol–water partition coefficient (Wildman–Crippen LogP) is 2.69. The van der Waals surface area contributed by atoms with Crippen LogP contribution in [0.25, 0.3) is 0 Å². The van der Waals surface area contributed by atoms with Gasteiger partial charge in [0.15, 0.2) is 0 Å². The molecule has 1 aromatic carbocycles. The van der Waals surface area contributed by atoms with Gasteiger partial charge in [-0.05, 0) is 25.8 Å². The lowest BCUT2D eigenvalue weighted by atomic mass is 9.83. The Balaban J connectivity index is 2.40. The van der Waals surface area contributed by atoms with E-state index in [1.165, 1.54) is 0 Å². The lowest BCUT2D eigenvalue weighted by molar-refractivity contribution is -0.122. The van der Waals surface area contributed by atoms with Gasteiger partial charge in [0.1, 0.15) is 5.78 Å². The molecule has 2 rings (SSSR count). The van der Waals surface area contributed by atoms with Crippen molar-refractivity contribution in [1.82, 2.24) is 0 Å². The SMILES string of the molecule is CCC(=O)[C@]1(c2ccccc2)C[C@H]1C(C)(C)O. The number of carbonyl (C=O) groups is 1. The topological polar surface area (TPSA) is 37.3 Å². The molecule has 0 aromatic heterocycles. The molecule has 1 fully saturated rings. The fourth-order valence-electron chi connectivity index (χ4n) is 2.96. The number of hydrogen-bond donors (Lipinski definition) is 1. The zero-order valence-corrected chi connectivity index (χ0v) is 10.7. The number of aliphatic hydroxyl groups is 1. The van der Waals surface area contributed by atoms with Gasteiger partial charge in [0.25, 0.3) is 0 Å². The molecule has 0 radical (unpaired) electrons. The van der Waals surface area contributed by atoms with E-state index in [2.05, 4.69) is 0 Å². The normalized spacial score (nSPS) is 27.9. The Hall–Kier alpha value is -1.15. The van der Waals surface area contributed by atoms with Gasteiger partial charge < -0.3 is 5.11 Å². The molecule has 1 aliphatic carbocycles. The molecule has 0 bridgehead atoms. The van der Waals surface area contributed by atoms with E-state index in [9.17, 15) is 9.90 Å². The lowest BCUT2D eigenvalue weighted by Crippen LogP contribution is -2.32. The van der Waals surface area contributed by atoms with Gasteiger partial charge in [-0.2, -0.15) is 0 Å². The van der Waals surface area contributed by atoms with Crippen LogP contribution < -0.4 is 0 Å². The van der Waals surface area contributed by atoms with Crippen molar-refractivity contribution < 1.29 is 9.90 Å². The van der Waals surface area contributed by atoms with Crippen molar-refractivity contribution in [2.24, 2.45) is 5.92 Å². The minimum absolute atomic E-state index is 0.0462. The Morgan fingerprint density at radius 1 is 1.41 bits per heavy atom. The van der Waals surface area contributed by atoms with Crippen LogP contribution in [-0.2, 0) is 10.2 Å². The molecule has 2 nitrogen and oxygen atoms in total. The monoisotopic (exact) mass is 232 g/mol. The van der Waals surface area contributed by atoms with Gasteiger partial charge in [0.2, 0.25) is 0 Å². The van der Waals surface area contributed by atoms with Crippen molar-refractivity contribution >= 4 is 5.78 Å². The van der Waals surface area contributed by atoms with Crippen molar-refractivity contribution in [3.8, 4) is 0 Å². The largest absolute Gasteiger partial charge is 0.390 e. The number of ketones is 1. The van der Waals surface area contributed by atoms with Crippen LogP contribution in [0.4, 0.5) is 0 Å². The lowest BCUT2D eigenvalue weighted by Gasteiger charge is -2.23. The molecule has 1 N–H and O–H groups in total. The highest BCUT2D eigenvalue weighted by Gasteiger charge is 2.64. The zero-order valence-electron chi connectivity index (χ0n) is 10.7. The predicted molar refractivity (Wildman–Crippen MR) is 67.8 cm³/mol. The highest BCUT2D eigenvalue weighted by molar-refractivity contribution is 5.93. The summed E-state index contributed by atoms with van der Waals surface area (Å²) in [5, 5.41) is 10.1. The van der Waals surface area contributed by atoms with Gasteiger partial charge in [-0.15, -0.1) is 0 Å². The highest BCUT2D eigenvalue weighted by Crippen LogP contribution is 2.60. The molecule has 0 heterocycles. The molecule has 1 saturated carbocycles. The smallest absolute Gasteiger partial charge is 0.143 e. The number of benzene rings is 1. The maximum absolute atomic E-state index is 12.2. The van der Waals surface area contributed by atoms with Crippen molar-refractivity contribution in [3.63, 3.8) is 0 Å². The van der Waals surface area contributed by atoms with Crippen molar-refractivity contribution in [2.75, 3.05) is 0 Å². The van der Waals surface area contributed by atoms with Crippen LogP contribution in [0.1, 0.15) is 39.2 Å². The molecule has 0 aliphatic heterocycles. The summed E-state index contributed by atoms with van der Waals surface area (Å²) < 4.78 is 0. The van der Waals surface area contributed by atoms with E-state index >= 15 is 0 Å². The fourth-order valence-corrected chi connectivity index (χ4v) is 2.96. The molecule has 2 heteroatoms. The molecular weight excluding hydrogens is 212 g/mol. The molecule has 1 aromatic rings. The van der Waals surface area contributed by atoms with Crippen molar-refractivity contribution in [3.05, 3.63) is 35.9 Å². The average Bonchev–Trinajstić information content (AvgIpc) is 3.05. The summed E-state index contributed by atoms with van der Waals surface area (Å²) in [6.07, 6.45) is 1.30. The second kappa shape index (κ2) is 3.95. The van der Waals surface area contributed by atoms with Gasteiger partial charge >= 0.3 is 0 Å². The Morgan fingerprint density at radius 2 is 2.00 bits per heavy atom. The summed E-state index contributed by atoms with van der Waals surface area (Å²) in [7, 11) is 0. The third-order valence-electron chi connectivity index (χ3n) is 3.92. The first-order valence-corrected chi connectivity index (χ1v) is 6.24. The van der Waals surface area contributed by atoms with Crippen LogP contribution in [0.2, 0.25) is 0 Å². The Kier molecular flexibility index (Phi) is 2.86. The van der Waals surface area contributed by atoms with E-state index < -0.39 is 11.0 Å². The quantitative estimate of drug-likeness (QED) is 0.866. The van der Waals surface area contributed by atoms with Gasteiger partial charge in [0.05, 0.1) is 11.0 Å². The number of Topliss-reactive ketones (excluding diaryl/α,β-unsaturated/α-hetero) is 1. The highest BCUT2D eigenvalue weighted by atomic mass is 16.3. The molecule has 0 unspecified atom stereocenters. The molecule has 2 atom stereocenters. The van der Waals surface area contributed by atoms with E-state index in [0.717, 1.165) is 12.0 Å². The molecular formula is C15H20O2. The first-order chi connectivity index (χ1) is 7.93. The van der Waals surface area contributed by atoms with Crippen LogP contribution >= 0.6 is 0 Å². The maximum Gasteiger partial charge on any atom is 0.143 e. The third-order valence-corrected chi connectivity index (χ3v) is 3.92. The summed E-state index contributed by atoms with van der Waals surface area (Å²) in [6.45, 7) is 5.49. The average molecular weight is 232 g/mol. The number of rotatable bonds is 4. The number of hydrogen-bond acceptors (Lipinski definition) is 2. The van der Waals surface area contributed by atoms with Crippen LogP contribution in [-0.4, -0.2) is 16.5 Å².